The van der Waals surface area contributed by atoms with Crippen molar-refractivity contribution in [1.29, 1.82) is 0 Å². The van der Waals surface area contributed by atoms with Crippen molar-refractivity contribution < 1.29 is 14.3 Å². The van der Waals surface area contributed by atoms with Crippen LogP contribution >= 0.6 is 11.3 Å². The normalized spacial score (nSPS) is 16.3. The summed E-state index contributed by atoms with van der Waals surface area (Å²) in [6.45, 7) is 1.92. The van der Waals surface area contributed by atoms with Gasteiger partial charge in [-0.15, -0.1) is 11.3 Å². The Morgan fingerprint density at radius 2 is 2.12 bits per heavy atom. The van der Waals surface area contributed by atoms with Crippen molar-refractivity contribution in [2.45, 2.75) is 12.8 Å². The van der Waals surface area contributed by atoms with Crippen LogP contribution in [-0.4, -0.2) is 17.6 Å². The predicted octanol–water partition coefficient (Wildman–Crippen LogP) is 2.85. The first kappa shape index (κ1) is 16.4. The molecule has 0 fully saturated rings. The van der Waals surface area contributed by atoms with Crippen molar-refractivity contribution in [2.24, 2.45) is 5.73 Å². The van der Waals surface area contributed by atoms with Crippen LogP contribution in [0.15, 0.2) is 58.0 Å². The van der Waals surface area contributed by atoms with E-state index in [1.54, 1.807) is 13.0 Å². The van der Waals surface area contributed by atoms with Gasteiger partial charge in [0.05, 0.1) is 23.6 Å². The second kappa shape index (κ2) is 6.34. The largest absolute Gasteiger partial charge is 0.462 e. The number of nitrogens with one attached hydrogen (secondary N) is 1. The molecule has 0 radical (unpaired) electrons. The van der Waals surface area contributed by atoms with Crippen molar-refractivity contribution in [3.05, 3.63) is 74.0 Å². The van der Waals surface area contributed by atoms with E-state index in [0.717, 1.165) is 10.3 Å². The number of carbonyl (C=O) groups is 1. The molecule has 1 unspecified atom stereocenters. The number of benzene rings is 1. The molecular weight excluding hydrogens is 352 g/mol. The molecule has 26 heavy (non-hydrogen) atoms. The highest BCUT2D eigenvalue weighted by Crippen LogP contribution is 2.44. The third kappa shape index (κ3) is 2.48. The second-order valence-corrected chi connectivity index (χ2v) is 6.77. The zero-order chi connectivity index (χ0) is 18.3. The van der Waals surface area contributed by atoms with Crippen LogP contribution in [0.5, 0.6) is 5.75 Å². The van der Waals surface area contributed by atoms with Gasteiger partial charge in [-0.3, -0.25) is 4.79 Å². The van der Waals surface area contributed by atoms with Crippen LogP contribution in [0.3, 0.4) is 0 Å². The molecule has 0 aliphatic carbocycles. The number of hydrogen-bond acceptors (Lipinski definition) is 6. The summed E-state index contributed by atoms with van der Waals surface area (Å²) in [6.07, 6.45) is 0. The Kier molecular flexibility index (Phi) is 4.00. The summed E-state index contributed by atoms with van der Waals surface area (Å²) in [5.41, 5.74) is 6.96. The lowest BCUT2D eigenvalue weighted by Crippen LogP contribution is -2.31. The highest BCUT2D eigenvalue weighted by molar-refractivity contribution is 7.10. The Morgan fingerprint density at radius 3 is 2.85 bits per heavy atom. The Bertz CT molecular complexity index is 1080. The summed E-state index contributed by atoms with van der Waals surface area (Å²) in [4.78, 5) is 29.1. The maximum atomic E-state index is 12.9. The number of thiophene rings is 1. The van der Waals surface area contributed by atoms with E-state index in [0.29, 0.717) is 16.8 Å². The van der Waals surface area contributed by atoms with Gasteiger partial charge in [0.15, 0.2) is 0 Å². The van der Waals surface area contributed by atoms with E-state index >= 15 is 0 Å². The minimum Gasteiger partial charge on any atom is -0.462 e. The number of ether oxygens (including phenoxy) is 2. The van der Waals surface area contributed by atoms with Gasteiger partial charge < -0.3 is 20.2 Å². The Labute approximate surface area is 152 Å². The maximum absolute atomic E-state index is 12.9. The number of para-hydroxylation sites is 1. The molecule has 6 nitrogen and oxygen atoms in total. The molecule has 0 spiro atoms. The van der Waals surface area contributed by atoms with Crippen molar-refractivity contribution >= 4 is 28.2 Å². The number of esters is 1. The maximum Gasteiger partial charge on any atom is 0.340 e. The molecule has 1 atom stereocenters. The molecule has 3 aromatic rings. The average molecular weight is 368 g/mol. The van der Waals surface area contributed by atoms with Gasteiger partial charge in [-0.2, -0.15) is 0 Å². The molecule has 2 aromatic heterocycles. The standard InChI is InChI=1S/C19H16N2O4S/c1-2-24-19(23)15-13(12-8-5-9-26-12)14-16(25-17(15)20)10-6-3-4-7-11(10)21-18(14)22/h3-9,13H,2,20H2,1H3,(H,21,22). The number of aromatic amines is 1. The van der Waals surface area contributed by atoms with Gasteiger partial charge in [0.1, 0.15) is 11.3 Å². The lowest BCUT2D eigenvalue weighted by atomic mass is 9.87. The third-order valence-electron chi connectivity index (χ3n) is 4.29. The summed E-state index contributed by atoms with van der Waals surface area (Å²) in [6, 6.07) is 11.0. The van der Waals surface area contributed by atoms with E-state index < -0.39 is 11.9 Å². The molecule has 1 aromatic carbocycles. The fourth-order valence-corrected chi connectivity index (χ4v) is 4.06. The first-order valence-electron chi connectivity index (χ1n) is 8.14. The first-order chi connectivity index (χ1) is 12.6. The van der Waals surface area contributed by atoms with Crippen molar-refractivity contribution in [1.82, 2.24) is 4.98 Å². The lowest BCUT2D eigenvalue weighted by Gasteiger charge is -2.27. The van der Waals surface area contributed by atoms with Crippen LogP contribution in [0.1, 0.15) is 23.3 Å². The minimum atomic E-state index is -0.633. The van der Waals surface area contributed by atoms with E-state index in [-0.39, 0.29) is 23.6 Å². The van der Waals surface area contributed by atoms with Crippen LogP contribution in [0.2, 0.25) is 0 Å². The minimum absolute atomic E-state index is 0.0369. The predicted molar refractivity (Wildman–Crippen MR) is 99.2 cm³/mol. The van der Waals surface area contributed by atoms with Crippen LogP contribution in [0, 0.1) is 0 Å². The molecular formula is C19H16N2O4S. The van der Waals surface area contributed by atoms with Gasteiger partial charge in [-0.1, -0.05) is 18.2 Å². The van der Waals surface area contributed by atoms with E-state index in [2.05, 4.69) is 4.98 Å². The fourth-order valence-electron chi connectivity index (χ4n) is 3.22. The summed E-state index contributed by atoms with van der Waals surface area (Å²) in [7, 11) is 0. The van der Waals surface area contributed by atoms with Gasteiger partial charge in [0.25, 0.3) is 5.56 Å². The molecule has 0 amide bonds. The molecule has 3 N–H and O–H groups in total. The summed E-state index contributed by atoms with van der Waals surface area (Å²) >= 11 is 1.44. The molecule has 0 saturated carbocycles. The van der Waals surface area contributed by atoms with Crippen LogP contribution in [0.4, 0.5) is 0 Å². The quantitative estimate of drug-likeness (QED) is 0.693. The SMILES string of the molecule is CCOC(=O)C1=C(N)Oc2c(c(=O)[nH]c3ccccc23)C1c1cccs1. The molecule has 1 aliphatic heterocycles. The topological polar surface area (TPSA) is 94.4 Å². The van der Waals surface area contributed by atoms with Crippen LogP contribution in [0.25, 0.3) is 10.9 Å². The zero-order valence-corrected chi connectivity index (χ0v) is 14.8. The number of H-pyrrole nitrogens is 1. The number of nitrogens with two attached hydrogens (primary N) is 1. The number of hydrogen-bond donors (Lipinski definition) is 2. The van der Waals surface area contributed by atoms with E-state index in [1.807, 2.05) is 35.7 Å². The van der Waals surface area contributed by atoms with E-state index in [4.69, 9.17) is 15.2 Å². The van der Waals surface area contributed by atoms with Gasteiger partial charge in [0, 0.05) is 10.3 Å². The van der Waals surface area contributed by atoms with Crippen LogP contribution < -0.4 is 16.0 Å². The smallest absolute Gasteiger partial charge is 0.340 e. The number of rotatable bonds is 3. The Balaban J connectivity index is 2.03. The molecule has 132 valence electrons. The Hall–Kier alpha value is -3.06. The molecule has 1 aliphatic rings. The number of pyridine rings is 1. The van der Waals surface area contributed by atoms with Crippen molar-refractivity contribution in [2.75, 3.05) is 6.61 Å². The van der Waals surface area contributed by atoms with Gasteiger partial charge in [0.2, 0.25) is 5.88 Å². The zero-order valence-electron chi connectivity index (χ0n) is 13.9. The second-order valence-electron chi connectivity index (χ2n) is 5.79. The number of fused-ring (bicyclic) bond motifs is 3. The number of aromatic nitrogens is 1. The number of carbonyl (C=O) groups excluding carboxylic acids is 1. The molecule has 3 heterocycles. The van der Waals surface area contributed by atoms with Crippen molar-refractivity contribution in [3.63, 3.8) is 0 Å². The molecule has 4 rings (SSSR count). The summed E-state index contributed by atoms with van der Waals surface area (Å²) < 4.78 is 10.9. The summed E-state index contributed by atoms with van der Waals surface area (Å²) in [5.74, 6) is -0.869. The molecule has 7 heteroatoms. The monoisotopic (exact) mass is 368 g/mol. The first-order valence-corrected chi connectivity index (χ1v) is 9.02. The fraction of sp³-hybridized carbons (Fsp3) is 0.158. The highest BCUT2D eigenvalue weighted by Gasteiger charge is 2.38. The molecule has 0 saturated heterocycles. The van der Waals surface area contributed by atoms with Gasteiger partial charge in [-0.25, -0.2) is 4.79 Å². The lowest BCUT2D eigenvalue weighted by molar-refractivity contribution is -0.139. The van der Waals surface area contributed by atoms with Gasteiger partial charge in [-0.05, 0) is 30.5 Å². The average Bonchev–Trinajstić information content (AvgIpc) is 3.15. The third-order valence-corrected chi connectivity index (χ3v) is 5.22. The van der Waals surface area contributed by atoms with Crippen molar-refractivity contribution in [3.8, 4) is 5.75 Å². The van der Waals surface area contributed by atoms with E-state index in [9.17, 15) is 9.59 Å². The van der Waals surface area contributed by atoms with Gasteiger partial charge >= 0.3 is 5.97 Å². The van der Waals surface area contributed by atoms with E-state index in [1.165, 1.54) is 11.3 Å². The Morgan fingerprint density at radius 1 is 1.31 bits per heavy atom. The summed E-state index contributed by atoms with van der Waals surface area (Å²) in [5, 5.41) is 2.62. The van der Waals surface area contributed by atoms with Crippen LogP contribution in [-0.2, 0) is 9.53 Å². The molecule has 0 bridgehead atoms. The highest BCUT2D eigenvalue weighted by atomic mass is 32.1.